The van der Waals surface area contributed by atoms with Gasteiger partial charge in [0.1, 0.15) is 6.54 Å². The molecule has 0 aromatic carbocycles. The van der Waals surface area contributed by atoms with Gasteiger partial charge < -0.3 is 10.1 Å². The Hall–Kier alpha value is -2.70. The van der Waals surface area contributed by atoms with Gasteiger partial charge in [0, 0.05) is 30.8 Å². The molecule has 2 aromatic rings. The predicted octanol–water partition coefficient (Wildman–Crippen LogP) is 0.841. The number of nitrogens with zero attached hydrogens (tertiary/aromatic N) is 3. The van der Waals surface area contributed by atoms with Crippen molar-refractivity contribution >= 4 is 5.91 Å². The van der Waals surface area contributed by atoms with Crippen LogP contribution in [0.25, 0.3) is 0 Å². The molecule has 0 saturated heterocycles. The molecule has 7 nitrogen and oxygen atoms in total. The van der Waals surface area contributed by atoms with Crippen molar-refractivity contribution in [1.29, 1.82) is 0 Å². The van der Waals surface area contributed by atoms with Crippen LogP contribution in [0.2, 0.25) is 0 Å². The van der Waals surface area contributed by atoms with Gasteiger partial charge in [-0.3, -0.25) is 9.59 Å². The van der Waals surface area contributed by atoms with Crippen LogP contribution in [0.5, 0.6) is 5.88 Å². The molecule has 1 amide bonds. The van der Waals surface area contributed by atoms with Crippen LogP contribution < -0.4 is 15.6 Å². The fraction of sp³-hybridized carbons (Fsp3) is 0.375. The molecule has 1 fully saturated rings. The van der Waals surface area contributed by atoms with E-state index in [4.69, 9.17) is 4.74 Å². The molecule has 0 spiro atoms. The number of methoxy groups -OCH3 is 1. The van der Waals surface area contributed by atoms with E-state index in [0.717, 1.165) is 24.1 Å². The van der Waals surface area contributed by atoms with Crippen molar-refractivity contribution in [2.75, 3.05) is 7.11 Å². The molecule has 0 aliphatic heterocycles. The largest absolute Gasteiger partial charge is 0.481 e. The monoisotopic (exact) mass is 314 g/mol. The molecule has 1 N–H and O–H groups in total. The highest BCUT2D eigenvalue weighted by molar-refractivity contribution is 5.75. The van der Waals surface area contributed by atoms with Gasteiger partial charge in [-0.1, -0.05) is 6.07 Å². The lowest BCUT2D eigenvalue weighted by Crippen LogP contribution is -2.33. The fourth-order valence-electron chi connectivity index (χ4n) is 2.20. The summed E-state index contributed by atoms with van der Waals surface area (Å²) < 4.78 is 6.20. The topological polar surface area (TPSA) is 86.1 Å². The van der Waals surface area contributed by atoms with E-state index in [2.05, 4.69) is 15.4 Å². The minimum atomic E-state index is -0.268. The van der Waals surface area contributed by atoms with Crippen LogP contribution in [0.1, 0.15) is 30.0 Å². The molecule has 0 atom stereocenters. The van der Waals surface area contributed by atoms with E-state index in [1.54, 1.807) is 25.4 Å². The van der Waals surface area contributed by atoms with Crippen LogP contribution in [0.4, 0.5) is 0 Å². The lowest BCUT2D eigenvalue weighted by Gasteiger charge is -2.08. The van der Waals surface area contributed by atoms with E-state index >= 15 is 0 Å². The maximum Gasteiger partial charge on any atom is 0.267 e. The van der Waals surface area contributed by atoms with Crippen molar-refractivity contribution < 1.29 is 9.53 Å². The Morgan fingerprint density at radius 1 is 1.35 bits per heavy atom. The van der Waals surface area contributed by atoms with E-state index in [1.165, 1.54) is 10.7 Å². The summed E-state index contributed by atoms with van der Waals surface area (Å²) in [7, 11) is 1.55. The summed E-state index contributed by atoms with van der Waals surface area (Å²) in [6, 6.07) is 6.77. The van der Waals surface area contributed by atoms with Gasteiger partial charge in [-0.25, -0.2) is 9.67 Å². The molecule has 2 heterocycles. The summed E-state index contributed by atoms with van der Waals surface area (Å²) >= 11 is 0. The van der Waals surface area contributed by atoms with Crippen molar-refractivity contribution in [3.8, 4) is 5.88 Å². The lowest BCUT2D eigenvalue weighted by molar-refractivity contribution is -0.122. The summed E-state index contributed by atoms with van der Waals surface area (Å²) in [6.07, 6.45) is 3.83. The van der Waals surface area contributed by atoms with Crippen LogP contribution in [0.15, 0.2) is 35.3 Å². The van der Waals surface area contributed by atoms with Gasteiger partial charge in [0.05, 0.1) is 12.8 Å². The van der Waals surface area contributed by atoms with Gasteiger partial charge >= 0.3 is 0 Å². The van der Waals surface area contributed by atoms with Crippen molar-refractivity contribution in [3.05, 3.63) is 52.1 Å². The average molecular weight is 314 g/mol. The van der Waals surface area contributed by atoms with E-state index in [0.29, 0.717) is 18.3 Å². The smallest absolute Gasteiger partial charge is 0.267 e. The third-order valence-electron chi connectivity index (χ3n) is 3.67. The maximum absolute atomic E-state index is 12.0. The predicted molar refractivity (Wildman–Crippen MR) is 83.1 cm³/mol. The molecule has 0 radical (unpaired) electrons. The summed E-state index contributed by atoms with van der Waals surface area (Å²) in [5, 5.41) is 7.02. The first-order chi connectivity index (χ1) is 11.2. The Bertz CT molecular complexity index is 751. The molecule has 1 saturated carbocycles. The van der Waals surface area contributed by atoms with E-state index in [-0.39, 0.29) is 18.0 Å². The number of nitrogens with one attached hydrogen (secondary N) is 1. The zero-order valence-corrected chi connectivity index (χ0v) is 12.9. The second-order valence-corrected chi connectivity index (χ2v) is 5.51. The van der Waals surface area contributed by atoms with Gasteiger partial charge in [0.15, 0.2) is 0 Å². The van der Waals surface area contributed by atoms with Crippen molar-refractivity contribution in [2.45, 2.75) is 31.8 Å². The van der Waals surface area contributed by atoms with Crippen LogP contribution in [0, 0.1) is 0 Å². The Balaban J connectivity index is 1.58. The molecular formula is C16H18N4O3. The average Bonchev–Trinajstić information content (AvgIpc) is 3.40. The Morgan fingerprint density at radius 2 is 2.17 bits per heavy atom. The van der Waals surface area contributed by atoms with Gasteiger partial charge in [0.2, 0.25) is 11.8 Å². The maximum atomic E-state index is 12.0. The SMILES string of the molecule is COc1ccc(CNC(=O)Cn2nc(C3CC3)ccc2=O)cn1. The molecular weight excluding hydrogens is 296 g/mol. The van der Waals surface area contributed by atoms with Gasteiger partial charge in [-0.2, -0.15) is 5.10 Å². The van der Waals surface area contributed by atoms with Crippen molar-refractivity contribution in [3.63, 3.8) is 0 Å². The van der Waals surface area contributed by atoms with Crippen molar-refractivity contribution in [2.24, 2.45) is 0 Å². The second-order valence-electron chi connectivity index (χ2n) is 5.51. The highest BCUT2D eigenvalue weighted by Crippen LogP contribution is 2.38. The summed E-state index contributed by atoms with van der Waals surface area (Å²) in [4.78, 5) is 27.9. The third-order valence-corrected chi connectivity index (χ3v) is 3.67. The molecule has 1 aliphatic carbocycles. The van der Waals surface area contributed by atoms with Gasteiger partial charge in [-0.05, 0) is 24.5 Å². The Labute approximate surface area is 133 Å². The third kappa shape index (κ3) is 3.94. The second kappa shape index (κ2) is 6.60. The molecule has 7 heteroatoms. The molecule has 0 unspecified atom stereocenters. The number of carbonyl (C=O) groups excluding carboxylic acids is 1. The first-order valence-corrected chi connectivity index (χ1v) is 7.49. The Kier molecular flexibility index (Phi) is 4.36. The lowest BCUT2D eigenvalue weighted by atomic mass is 10.3. The van der Waals surface area contributed by atoms with Crippen LogP contribution in [-0.2, 0) is 17.9 Å². The summed E-state index contributed by atoms with van der Waals surface area (Å²) in [5.74, 6) is 0.700. The minimum absolute atomic E-state index is 0.0804. The molecule has 2 aromatic heterocycles. The standard InChI is InChI=1S/C16H18N4O3/c1-23-15-6-2-11(9-18-15)8-17-14(21)10-20-16(22)7-5-13(19-20)12-3-4-12/h2,5-7,9,12H,3-4,8,10H2,1H3,(H,17,21). The summed E-state index contributed by atoms with van der Waals surface area (Å²) in [5.41, 5.74) is 1.47. The number of aromatic nitrogens is 3. The zero-order chi connectivity index (χ0) is 16.2. The quantitative estimate of drug-likeness (QED) is 0.854. The molecule has 3 rings (SSSR count). The normalized spacial score (nSPS) is 13.6. The number of carbonyl (C=O) groups is 1. The van der Waals surface area contributed by atoms with Gasteiger partial charge in [-0.15, -0.1) is 0 Å². The van der Waals surface area contributed by atoms with E-state index in [9.17, 15) is 9.59 Å². The number of hydrogen-bond donors (Lipinski definition) is 1. The highest BCUT2D eigenvalue weighted by atomic mass is 16.5. The highest BCUT2D eigenvalue weighted by Gasteiger charge is 2.25. The van der Waals surface area contributed by atoms with Crippen molar-refractivity contribution in [1.82, 2.24) is 20.1 Å². The number of amides is 1. The van der Waals surface area contributed by atoms with Crippen LogP contribution in [-0.4, -0.2) is 27.8 Å². The number of hydrogen-bond acceptors (Lipinski definition) is 5. The van der Waals surface area contributed by atoms with Crippen LogP contribution in [0.3, 0.4) is 0 Å². The molecule has 1 aliphatic rings. The van der Waals surface area contributed by atoms with Crippen LogP contribution >= 0.6 is 0 Å². The minimum Gasteiger partial charge on any atom is -0.481 e. The first kappa shape index (κ1) is 15.2. The zero-order valence-electron chi connectivity index (χ0n) is 12.9. The molecule has 0 bridgehead atoms. The summed E-state index contributed by atoms with van der Waals surface area (Å²) in [6.45, 7) is 0.260. The number of ether oxygens (including phenoxy) is 1. The molecule has 120 valence electrons. The van der Waals surface area contributed by atoms with Gasteiger partial charge in [0.25, 0.3) is 5.56 Å². The fourth-order valence-corrected chi connectivity index (χ4v) is 2.20. The first-order valence-electron chi connectivity index (χ1n) is 7.49. The number of rotatable bonds is 6. The Morgan fingerprint density at radius 3 is 2.83 bits per heavy atom. The van der Waals surface area contributed by atoms with E-state index in [1.807, 2.05) is 6.07 Å². The molecule has 23 heavy (non-hydrogen) atoms. The van der Waals surface area contributed by atoms with E-state index < -0.39 is 0 Å². The number of pyridine rings is 1.